The second-order valence-electron chi connectivity index (χ2n) is 9.97. The summed E-state index contributed by atoms with van der Waals surface area (Å²) in [6.45, 7) is 0. The van der Waals surface area contributed by atoms with E-state index in [1.807, 2.05) is 97.1 Å². The Kier molecular flexibility index (Phi) is 5.09. The highest BCUT2D eigenvalue weighted by atomic mass is 28.1. The number of aromatic amines is 2. The fourth-order valence-electron chi connectivity index (χ4n) is 5.73. The Morgan fingerprint density at radius 2 is 0.857 bits per heavy atom. The third kappa shape index (κ3) is 3.36. The maximum absolute atomic E-state index is 14.1. The summed E-state index contributed by atoms with van der Waals surface area (Å²) >= 11 is 0. The van der Waals surface area contributed by atoms with E-state index in [2.05, 4.69) is 9.97 Å². The number of hydrogen-bond acceptors (Lipinski definition) is 6. The van der Waals surface area contributed by atoms with E-state index >= 15 is 0 Å². The molecule has 9 nitrogen and oxygen atoms in total. The molecular formula is C32H22N8OSi. The van der Waals surface area contributed by atoms with Crippen LogP contribution in [-0.4, -0.2) is 45.9 Å². The minimum Gasteiger partial charge on any atom is -0.740 e. The zero-order valence-electron chi connectivity index (χ0n) is 21.3. The van der Waals surface area contributed by atoms with Crippen molar-refractivity contribution in [3.8, 4) is 45.6 Å². The zero-order valence-corrected chi connectivity index (χ0v) is 21.3. The molecule has 0 fully saturated rings. The van der Waals surface area contributed by atoms with Gasteiger partial charge in [-0.2, -0.15) is 9.97 Å². The SMILES string of the molecule is [O-][n+]1c2nc(nc3[nH]c(nc4nc(nc5[nH]c1c1ccccc51)-c1ccccc1-4)c1ccccc31)-c1ccccc1-2.[SiH4]. The lowest BCUT2D eigenvalue weighted by Crippen LogP contribution is -2.29. The lowest BCUT2D eigenvalue weighted by molar-refractivity contribution is -0.569. The van der Waals surface area contributed by atoms with Gasteiger partial charge in [-0.3, -0.25) is 4.98 Å². The summed E-state index contributed by atoms with van der Waals surface area (Å²) in [7, 11) is 0. The van der Waals surface area contributed by atoms with Crippen molar-refractivity contribution >= 4 is 55.1 Å². The number of rotatable bonds is 0. The van der Waals surface area contributed by atoms with Gasteiger partial charge in [0.1, 0.15) is 11.3 Å². The van der Waals surface area contributed by atoms with Crippen molar-refractivity contribution in [3.63, 3.8) is 0 Å². The van der Waals surface area contributed by atoms with Gasteiger partial charge in [0.15, 0.2) is 17.3 Å². The minimum atomic E-state index is 0. The lowest BCUT2D eigenvalue weighted by Gasteiger charge is -2.05. The van der Waals surface area contributed by atoms with Gasteiger partial charge in [-0.05, 0) is 35.2 Å². The predicted molar refractivity (Wildman–Crippen MR) is 169 cm³/mol. The van der Waals surface area contributed by atoms with Gasteiger partial charge in [0.05, 0.1) is 16.5 Å². The van der Waals surface area contributed by atoms with Crippen LogP contribution in [0.15, 0.2) is 97.1 Å². The van der Waals surface area contributed by atoms with Crippen molar-refractivity contribution in [2.45, 2.75) is 0 Å². The molecule has 200 valence electrons. The fourth-order valence-corrected chi connectivity index (χ4v) is 5.73. The van der Waals surface area contributed by atoms with Crippen molar-refractivity contribution in [3.05, 3.63) is 102 Å². The topological polar surface area (TPSA) is 123 Å². The van der Waals surface area contributed by atoms with Crippen LogP contribution in [-0.2, 0) is 0 Å². The number of nitrogens with zero attached hydrogens (tertiary/aromatic N) is 6. The highest BCUT2D eigenvalue weighted by Gasteiger charge is 2.26. The Morgan fingerprint density at radius 3 is 1.43 bits per heavy atom. The van der Waals surface area contributed by atoms with Crippen LogP contribution in [0.1, 0.15) is 0 Å². The van der Waals surface area contributed by atoms with E-state index in [9.17, 15) is 5.21 Å². The minimum absolute atomic E-state index is 0. The normalized spacial score (nSPS) is 11.7. The molecule has 0 radical (unpaired) electrons. The van der Waals surface area contributed by atoms with E-state index in [1.165, 1.54) is 0 Å². The molecule has 0 amide bonds. The Labute approximate surface area is 242 Å². The smallest absolute Gasteiger partial charge is 0.273 e. The number of nitrogens with one attached hydrogen (secondary N) is 2. The average molecular weight is 563 g/mol. The second kappa shape index (κ2) is 8.88. The summed E-state index contributed by atoms with van der Waals surface area (Å²) in [5, 5.41) is 17.4. The van der Waals surface area contributed by atoms with Crippen LogP contribution in [0.3, 0.4) is 0 Å². The summed E-state index contributed by atoms with van der Waals surface area (Å²) < 4.78 is 0.837. The molecule has 9 rings (SSSR count). The van der Waals surface area contributed by atoms with Crippen LogP contribution in [0.25, 0.3) is 89.7 Å². The molecule has 42 heavy (non-hydrogen) atoms. The van der Waals surface area contributed by atoms with E-state index in [-0.39, 0.29) is 16.8 Å². The predicted octanol–water partition coefficient (Wildman–Crippen LogP) is 4.66. The molecule has 0 saturated heterocycles. The van der Waals surface area contributed by atoms with Gasteiger partial charge in [-0.1, -0.05) is 77.8 Å². The van der Waals surface area contributed by atoms with Crippen molar-refractivity contribution in [1.29, 1.82) is 0 Å². The monoisotopic (exact) mass is 562 g/mol. The van der Waals surface area contributed by atoms with E-state index in [0.717, 1.165) is 43.0 Å². The molecule has 0 saturated carbocycles. The van der Waals surface area contributed by atoms with Crippen LogP contribution in [0.4, 0.5) is 0 Å². The number of aromatic nitrogens is 8. The molecular weight excluding hydrogens is 540 g/mol. The molecule has 10 heteroatoms. The first-order chi connectivity index (χ1) is 20.2. The molecule has 5 heterocycles. The molecule has 4 aromatic carbocycles. The van der Waals surface area contributed by atoms with Crippen LogP contribution in [0, 0.1) is 5.21 Å². The Hall–Kier alpha value is -5.74. The highest BCUT2D eigenvalue weighted by molar-refractivity contribution is 6.05. The average Bonchev–Trinajstić information content (AvgIpc) is 3.76. The van der Waals surface area contributed by atoms with Gasteiger partial charge in [-0.25, -0.2) is 14.7 Å². The molecule has 8 bridgehead atoms. The van der Waals surface area contributed by atoms with Gasteiger partial charge in [0.25, 0.3) is 5.82 Å². The third-order valence-corrected chi connectivity index (χ3v) is 7.64. The maximum atomic E-state index is 14.1. The first kappa shape index (κ1) is 24.1. The molecule has 0 unspecified atom stereocenters. The van der Waals surface area contributed by atoms with Crippen LogP contribution in [0.2, 0.25) is 0 Å². The molecule has 2 aliphatic rings. The summed E-state index contributed by atoms with van der Waals surface area (Å²) in [4.78, 5) is 31.2. The third-order valence-electron chi connectivity index (χ3n) is 7.64. The molecule has 0 atom stereocenters. The summed E-state index contributed by atoms with van der Waals surface area (Å²) in [5.41, 5.74) is 5.34. The van der Waals surface area contributed by atoms with E-state index in [1.54, 1.807) is 0 Å². The maximum Gasteiger partial charge on any atom is 0.273 e. The molecule has 0 aliphatic carbocycles. The van der Waals surface area contributed by atoms with Crippen LogP contribution >= 0.6 is 0 Å². The molecule has 3 aromatic heterocycles. The molecule has 7 aromatic rings. The quantitative estimate of drug-likeness (QED) is 0.158. The van der Waals surface area contributed by atoms with E-state index < -0.39 is 0 Å². The number of fused-ring (bicyclic) bond motifs is 20. The van der Waals surface area contributed by atoms with Crippen LogP contribution in [0.5, 0.6) is 0 Å². The second-order valence-corrected chi connectivity index (χ2v) is 9.97. The summed E-state index contributed by atoms with van der Waals surface area (Å²) in [6, 6.07) is 31.1. The Balaban J connectivity index is 0.00000267. The van der Waals surface area contributed by atoms with Gasteiger partial charge in [0.2, 0.25) is 11.5 Å². The van der Waals surface area contributed by atoms with Crippen molar-refractivity contribution in [1.82, 2.24) is 34.9 Å². The van der Waals surface area contributed by atoms with Gasteiger partial charge < -0.3 is 10.2 Å². The highest BCUT2D eigenvalue weighted by Crippen LogP contribution is 2.36. The lowest BCUT2D eigenvalue weighted by atomic mass is 10.1. The van der Waals surface area contributed by atoms with Crippen molar-refractivity contribution in [2.24, 2.45) is 0 Å². The van der Waals surface area contributed by atoms with E-state index in [4.69, 9.17) is 24.9 Å². The van der Waals surface area contributed by atoms with Gasteiger partial charge in [-0.15, -0.1) is 0 Å². The van der Waals surface area contributed by atoms with Gasteiger partial charge >= 0.3 is 0 Å². The zero-order chi connectivity index (χ0) is 27.1. The van der Waals surface area contributed by atoms with Crippen molar-refractivity contribution < 1.29 is 4.73 Å². The first-order valence-electron chi connectivity index (χ1n) is 13.2. The number of H-pyrrole nitrogens is 2. The van der Waals surface area contributed by atoms with Gasteiger partial charge in [0, 0.05) is 27.3 Å². The van der Waals surface area contributed by atoms with Crippen molar-refractivity contribution in [2.75, 3.05) is 0 Å². The fraction of sp³-hybridized carbons (Fsp3) is 0. The summed E-state index contributed by atoms with van der Waals surface area (Å²) in [6.07, 6.45) is 0. The molecule has 2 aliphatic heterocycles. The standard InChI is InChI=1S/C32H18N8O.H4Si/c41-40-31-23-15-7-5-13-21(23)29(38-31)36-27-19-11-3-1-9-17(19)25(34-27)33-26-18-10-2-4-12-20(18)28(35-26)37-30-22-14-6-8-16-24(22)32(40)39-30;/h1-16H,(H2,33,34,35,36,37,38,39);1H4. The van der Waals surface area contributed by atoms with Crippen LogP contribution < -0.4 is 4.73 Å². The Bertz CT molecular complexity index is 2410. The molecule has 2 N–H and O–H groups in total. The number of benzene rings is 4. The largest absolute Gasteiger partial charge is 0.740 e. The first-order valence-corrected chi connectivity index (χ1v) is 13.2. The molecule has 0 spiro atoms. The number of hydrogen-bond donors (Lipinski definition) is 2. The Morgan fingerprint density at radius 1 is 0.452 bits per heavy atom. The van der Waals surface area contributed by atoms with E-state index in [0.29, 0.717) is 45.6 Å². The summed E-state index contributed by atoms with van der Waals surface area (Å²) in [5.74, 6) is 1.76.